The maximum atomic E-state index is 6.38. The Balaban J connectivity index is 1.24. The van der Waals surface area contributed by atoms with Gasteiger partial charge in [-0.2, -0.15) is 5.10 Å². The fourth-order valence-corrected chi connectivity index (χ4v) is 5.89. The van der Waals surface area contributed by atoms with Crippen LogP contribution in [-0.4, -0.2) is 68.8 Å². The third kappa shape index (κ3) is 4.84. The Labute approximate surface area is 223 Å². The van der Waals surface area contributed by atoms with Crippen molar-refractivity contribution in [1.82, 2.24) is 29.5 Å². The summed E-state index contributed by atoms with van der Waals surface area (Å²) in [6, 6.07) is 16.7. The molecule has 0 atom stereocenters. The van der Waals surface area contributed by atoms with Crippen LogP contribution in [0.25, 0.3) is 22.3 Å². The molecule has 3 heterocycles. The van der Waals surface area contributed by atoms with Gasteiger partial charge in [0.15, 0.2) is 5.65 Å². The highest BCUT2D eigenvalue weighted by molar-refractivity contribution is 5.98. The highest BCUT2D eigenvalue weighted by Crippen LogP contribution is 2.37. The van der Waals surface area contributed by atoms with Crippen molar-refractivity contribution < 1.29 is 4.74 Å². The van der Waals surface area contributed by atoms with E-state index in [2.05, 4.69) is 31.5 Å². The van der Waals surface area contributed by atoms with Crippen LogP contribution in [0.1, 0.15) is 37.3 Å². The normalized spacial score (nSPS) is 21.1. The van der Waals surface area contributed by atoms with Gasteiger partial charge >= 0.3 is 0 Å². The molecule has 1 aliphatic heterocycles. The number of rotatable bonds is 6. The first-order valence-electron chi connectivity index (χ1n) is 13.6. The number of anilines is 1. The molecule has 2 aromatic carbocycles. The second-order valence-electron chi connectivity index (χ2n) is 10.5. The molecule has 0 unspecified atom stereocenters. The van der Waals surface area contributed by atoms with Gasteiger partial charge in [0, 0.05) is 49.9 Å². The summed E-state index contributed by atoms with van der Waals surface area (Å²) in [5.41, 5.74) is 15.8. The van der Waals surface area contributed by atoms with Crippen LogP contribution in [0.3, 0.4) is 0 Å². The number of para-hydroxylation sites is 1. The minimum atomic E-state index is 0.305. The first-order chi connectivity index (χ1) is 18.6. The van der Waals surface area contributed by atoms with Gasteiger partial charge in [0.1, 0.15) is 29.3 Å². The summed E-state index contributed by atoms with van der Waals surface area (Å²) in [6.07, 6.45) is 6.08. The molecule has 38 heavy (non-hydrogen) atoms. The van der Waals surface area contributed by atoms with Crippen molar-refractivity contribution in [3.8, 4) is 22.8 Å². The number of nitrogen functional groups attached to an aromatic ring is 1. The topological polar surface area (TPSA) is 111 Å². The monoisotopic (exact) mass is 512 g/mol. The Morgan fingerprint density at radius 1 is 0.895 bits per heavy atom. The maximum Gasteiger partial charge on any atom is 0.164 e. The molecule has 2 fully saturated rings. The van der Waals surface area contributed by atoms with Gasteiger partial charge < -0.3 is 21.1 Å². The van der Waals surface area contributed by atoms with E-state index in [9.17, 15) is 0 Å². The van der Waals surface area contributed by atoms with Gasteiger partial charge in [-0.25, -0.2) is 14.6 Å². The smallest absolute Gasteiger partial charge is 0.164 e. The number of aromatic nitrogens is 4. The largest absolute Gasteiger partial charge is 0.457 e. The molecule has 0 amide bonds. The maximum absolute atomic E-state index is 6.38. The van der Waals surface area contributed by atoms with Crippen molar-refractivity contribution in [2.24, 2.45) is 5.73 Å². The second kappa shape index (κ2) is 10.7. The molecule has 0 spiro atoms. The molecule has 1 saturated carbocycles. The number of fused-ring (bicyclic) bond motifs is 1. The summed E-state index contributed by atoms with van der Waals surface area (Å²) in [7, 11) is 2.21. The zero-order valence-corrected chi connectivity index (χ0v) is 22.0. The van der Waals surface area contributed by atoms with Crippen LogP contribution in [0.15, 0.2) is 54.9 Å². The highest BCUT2D eigenvalue weighted by atomic mass is 16.5. The number of nitrogens with two attached hydrogens (primary N) is 2. The average molecular weight is 513 g/mol. The molecule has 1 aliphatic carbocycles. The Morgan fingerprint density at radius 2 is 1.61 bits per heavy atom. The van der Waals surface area contributed by atoms with Gasteiger partial charge in [-0.05, 0) is 63.1 Å². The number of hydrogen-bond acceptors (Lipinski definition) is 8. The van der Waals surface area contributed by atoms with Gasteiger partial charge in [-0.3, -0.25) is 4.90 Å². The van der Waals surface area contributed by atoms with E-state index in [1.807, 2.05) is 48.5 Å². The molecular formula is C29H36N8O. The van der Waals surface area contributed by atoms with Crippen molar-refractivity contribution in [2.45, 2.75) is 44.3 Å². The van der Waals surface area contributed by atoms with E-state index in [1.54, 1.807) is 6.33 Å². The van der Waals surface area contributed by atoms with Crippen molar-refractivity contribution in [2.75, 3.05) is 39.0 Å². The zero-order chi connectivity index (χ0) is 26.1. The quantitative estimate of drug-likeness (QED) is 0.398. The van der Waals surface area contributed by atoms with Crippen molar-refractivity contribution in [1.29, 1.82) is 0 Å². The minimum absolute atomic E-state index is 0.305. The lowest BCUT2D eigenvalue weighted by atomic mass is 9.90. The SMILES string of the molecule is CN1CCN([C@H]2CC[C@@H](n3nc(-c4ccc(Oc5ccccc5CN)cc4)c4c(N)ncnc43)CC2)CC1. The highest BCUT2D eigenvalue weighted by Gasteiger charge is 2.30. The van der Waals surface area contributed by atoms with E-state index in [1.165, 1.54) is 25.9 Å². The molecule has 1 saturated heterocycles. The van der Waals surface area contributed by atoms with Gasteiger partial charge in [0.05, 0.1) is 11.4 Å². The van der Waals surface area contributed by atoms with Crippen LogP contribution in [0, 0.1) is 0 Å². The summed E-state index contributed by atoms with van der Waals surface area (Å²) in [6.45, 7) is 5.08. The number of ether oxygens (including phenoxy) is 1. The van der Waals surface area contributed by atoms with Gasteiger partial charge in [-0.15, -0.1) is 0 Å². The van der Waals surface area contributed by atoms with Crippen LogP contribution in [0.5, 0.6) is 11.5 Å². The predicted molar refractivity (Wildman–Crippen MR) is 150 cm³/mol. The average Bonchev–Trinajstić information content (AvgIpc) is 3.35. The van der Waals surface area contributed by atoms with Crippen LogP contribution in [0.4, 0.5) is 5.82 Å². The first-order valence-corrected chi connectivity index (χ1v) is 13.6. The lowest BCUT2D eigenvalue weighted by Crippen LogP contribution is -2.49. The lowest BCUT2D eigenvalue weighted by molar-refractivity contribution is 0.0815. The van der Waals surface area contributed by atoms with E-state index < -0.39 is 0 Å². The molecule has 198 valence electrons. The van der Waals surface area contributed by atoms with E-state index in [0.29, 0.717) is 24.4 Å². The number of piperazine rings is 1. The van der Waals surface area contributed by atoms with Crippen LogP contribution < -0.4 is 16.2 Å². The molecule has 2 aliphatic rings. The summed E-state index contributed by atoms with van der Waals surface area (Å²) in [5, 5.41) is 5.90. The molecule has 0 bridgehead atoms. The third-order valence-corrected chi connectivity index (χ3v) is 8.13. The molecule has 9 nitrogen and oxygen atoms in total. The Bertz CT molecular complexity index is 1390. The number of nitrogens with zero attached hydrogens (tertiary/aromatic N) is 6. The van der Waals surface area contributed by atoms with E-state index in [4.69, 9.17) is 21.3 Å². The predicted octanol–water partition coefficient (Wildman–Crippen LogP) is 4.06. The molecule has 0 radical (unpaired) electrons. The summed E-state index contributed by atoms with van der Waals surface area (Å²) >= 11 is 0. The lowest BCUT2D eigenvalue weighted by Gasteiger charge is -2.41. The third-order valence-electron chi connectivity index (χ3n) is 8.13. The molecule has 4 aromatic rings. The van der Waals surface area contributed by atoms with Crippen molar-refractivity contribution in [3.05, 3.63) is 60.4 Å². The summed E-state index contributed by atoms with van der Waals surface area (Å²) < 4.78 is 8.21. The molecule has 9 heteroatoms. The Hall–Kier alpha value is -3.53. The second-order valence-corrected chi connectivity index (χ2v) is 10.5. The van der Waals surface area contributed by atoms with E-state index >= 15 is 0 Å². The van der Waals surface area contributed by atoms with Gasteiger partial charge in [0.25, 0.3) is 0 Å². The minimum Gasteiger partial charge on any atom is -0.457 e. The standard InChI is InChI=1S/C29H36N8O/c1-35-14-16-36(17-15-35)22-8-10-23(11-9-22)37-29-26(28(31)32-19-33-29)27(34-37)20-6-12-24(13-7-20)38-25-5-3-2-4-21(25)18-30/h2-7,12-13,19,22-23H,8-11,14-18,30H2,1H3,(H2,31,32,33)/t22-,23+. The summed E-state index contributed by atoms with van der Waals surface area (Å²) in [5.74, 6) is 1.96. The zero-order valence-electron chi connectivity index (χ0n) is 22.0. The fourth-order valence-electron chi connectivity index (χ4n) is 5.89. The number of likely N-dealkylation sites (N-methyl/N-ethyl adjacent to an activating group) is 1. The van der Waals surface area contributed by atoms with Crippen molar-refractivity contribution >= 4 is 16.9 Å². The van der Waals surface area contributed by atoms with Crippen LogP contribution in [0.2, 0.25) is 0 Å². The number of hydrogen-bond donors (Lipinski definition) is 2. The summed E-state index contributed by atoms with van der Waals surface area (Å²) in [4.78, 5) is 14.0. The Morgan fingerprint density at radius 3 is 2.34 bits per heavy atom. The van der Waals surface area contributed by atoms with Crippen molar-refractivity contribution in [3.63, 3.8) is 0 Å². The van der Waals surface area contributed by atoms with E-state index in [0.717, 1.165) is 65.3 Å². The molecular weight excluding hydrogens is 476 g/mol. The van der Waals surface area contributed by atoms with E-state index in [-0.39, 0.29) is 0 Å². The van der Waals surface area contributed by atoms with Gasteiger partial charge in [-0.1, -0.05) is 18.2 Å². The fraction of sp³-hybridized carbons (Fsp3) is 0.414. The molecule has 2 aromatic heterocycles. The molecule has 4 N–H and O–H groups in total. The first kappa shape index (κ1) is 24.8. The van der Waals surface area contributed by atoms with Gasteiger partial charge in [0.2, 0.25) is 0 Å². The molecule has 6 rings (SSSR count). The van der Waals surface area contributed by atoms with Crippen LogP contribution in [-0.2, 0) is 6.54 Å². The number of benzene rings is 2. The Kier molecular flexibility index (Phi) is 6.97. The van der Waals surface area contributed by atoms with Crippen LogP contribution >= 0.6 is 0 Å².